The van der Waals surface area contributed by atoms with Crippen molar-refractivity contribution < 1.29 is 14.3 Å². The van der Waals surface area contributed by atoms with E-state index in [-0.39, 0.29) is 23.5 Å². The first-order valence-corrected chi connectivity index (χ1v) is 13.2. The molecule has 36 heavy (non-hydrogen) atoms. The van der Waals surface area contributed by atoms with Crippen LogP contribution in [0.3, 0.4) is 0 Å². The second-order valence-electron chi connectivity index (χ2n) is 8.09. The van der Waals surface area contributed by atoms with Gasteiger partial charge in [-0.15, -0.1) is 10.2 Å². The van der Waals surface area contributed by atoms with Crippen LogP contribution in [-0.4, -0.2) is 39.4 Å². The molecule has 0 aliphatic heterocycles. The number of aromatic nitrogens is 3. The number of halogens is 3. The van der Waals surface area contributed by atoms with Crippen molar-refractivity contribution in [2.45, 2.75) is 38.5 Å². The number of anilines is 1. The van der Waals surface area contributed by atoms with Crippen molar-refractivity contribution in [2.24, 2.45) is 5.92 Å². The lowest BCUT2D eigenvalue weighted by Crippen LogP contribution is -2.33. The Morgan fingerprint density at radius 1 is 1.08 bits per heavy atom. The summed E-state index contributed by atoms with van der Waals surface area (Å²) in [7, 11) is 1.52. The van der Waals surface area contributed by atoms with Gasteiger partial charge in [-0.25, -0.2) is 0 Å². The number of methoxy groups -OCH3 is 1. The number of nitrogens with one attached hydrogen (secondary N) is 2. The van der Waals surface area contributed by atoms with Crippen molar-refractivity contribution in [3.8, 4) is 5.75 Å². The SMILES string of the molecule is CCn1c(SCC(=O)Nc2cc(Cl)ccc2OC)nnc1[C@@H](NC(=O)c1ccc(Cl)c(Cl)c1)C(C)C. The Hall–Kier alpha value is -2.46. The van der Waals surface area contributed by atoms with Gasteiger partial charge in [-0.05, 0) is 49.2 Å². The minimum atomic E-state index is -0.418. The van der Waals surface area contributed by atoms with Crippen molar-refractivity contribution >= 4 is 64.1 Å². The Morgan fingerprint density at radius 3 is 2.47 bits per heavy atom. The van der Waals surface area contributed by atoms with Gasteiger partial charge in [0, 0.05) is 17.1 Å². The van der Waals surface area contributed by atoms with Gasteiger partial charge in [0.15, 0.2) is 11.0 Å². The molecule has 2 aromatic carbocycles. The fourth-order valence-corrected chi connectivity index (χ4v) is 4.70. The van der Waals surface area contributed by atoms with Gasteiger partial charge in [0.2, 0.25) is 5.91 Å². The Kier molecular flexibility index (Phi) is 9.90. The first kappa shape index (κ1) is 28.1. The van der Waals surface area contributed by atoms with Crippen LogP contribution >= 0.6 is 46.6 Å². The van der Waals surface area contributed by atoms with Crippen molar-refractivity contribution in [3.05, 3.63) is 62.9 Å². The molecule has 0 saturated heterocycles. The summed E-state index contributed by atoms with van der Waals surface area (Å²) in [6.07, 6.45) is 0. The summed E-state index contributed by atoms with van der Waals surface area (Å²) < 4.78 is 7.16. The van der Waals surface area contributed by atoms with Gasteiger partial charge in [0.1, 0.15) is 5.75 Å². The summed E-state index contributed by atoms with van der Waals surface area (Å²) in [5.41, 5.74) is 0.874. The number of rotatable bonds is 10. The molecule has 3 aromatic rings. The second-order valence-corrected chi connectivity index (χ2v) is 10.3. The molecule has 2 amide bonds. The quantitative estimate of drug-likeness (QED) is 0.285. The van der Waals surface area contributed by atoms with E-state index in [1.807, 2.05) is 25.3 Å². The van der Waals surface area contributed by atoms with Crippen LogP contribution in [0.15, 0.2) is 41.6 Å². The highest BCUT2D eigenvalue weighted by atomic mass is 35.5. The highest BCUT2D eigenvalue weighted by molar-refractivity contribution is 7.99. The zero-order valence-corrected chi connectivity index (χ0v) is 23.2. The van der Waals surface area contributed by atoms with Crippen molar-refractivity contribution in [3.63, 3.8) is 0 Å². The molecule has 1 aromatic heterocycles. The third-order valence-corrected chi connectivity index (χ3v) is 7.18. The lowest BCUT2D eigenvalue weighted by atomic mass is 10.0. The summed E-state index contributed by atoms with van der Waals surface area (Å²) in [5.74, 6) is 0.663. The normalized spacial score (nSPS) is 11.9. The average molecular weight is 571 g/mol. The van der Waals surface area contributed by atoms with Crippen LogP contribution in [0, 0.1) is 5.92 Å². The molecule has 0 aliphatic carbocycles. The maximum atomic E-state index is 12.9. The van der Waals surface area contributed by atoms with Crippen molar-refractivity contribution in [1.82, 2.24) is 20.1 Å². The number of carbonyl (C=O) groups is 2. The molecule has 2 N–H and O–H groups in total. The van der Waals surface area contributed by atoms with E-state index in [1.165, 1.54) is 24.9 Å². The maximum Gasteiger partial charge on any atom is 0.251 e. The van der Waals surface area contributed by atoms with Gasteiger partial charge in [0.05, 0.1) is 34.6 Å². The topological polar surface area (TPSA) is 98.1 Å². The van der Waals surface area contributed by atoms with Crippen LogP contribution in [0.1, 0.15) is 43.0 Å². The van der Waals surface area contributed by atoms with E-state index in [0.29, 0.717) is 49.6 Å². The third kappa shape index (κ3) is 6.85. The zero-order valence-electron chi connectivity index (χ0n) is 20.1. The molecule has 0 bridgehead atoms. The number of amides is 2. The average Bonchev–Trinajstić information content (AvgIpc) is 3.25. The van der Waals surface area contributed by atoms with Gasteiger partial charge in [-0.3, -0.25) is 9.59 Å². The molecule has 0 saturated carbocycles. The molecule has 1 heterocycles. The first-order valence-electron chi connectivity index (χ1n) is 11.1. The number of thioether (sulfide) groups is 1. The number of ether oxygens (including phenoxy) is 1. The zero-order chi connectivity index (χ0) is 26.4. The molecule has 0 unspecified atom stereocenters. The predicted molar refractivity (Wildman–Crippen MR) is 145 cm³/mol. The summed E-state index contributed by atoms with van der Waals surface area (Å²) in [5, 5.41) is 16.2. The number of carbonyl (C=O) groups excluding carboxylic acids is 2. The largest absolute Gasteiger partial charge is 0.495 e. The minimum Gasteiger partial charge on any atom is -0.495 e. The summed E-state index contributed by atoms with van der Waals surface area (Å²) in [6, 6.07) is 9.29. The number of hydrogen-bond donors (Lipinski definition) is 2. The molecule has 0 fully saturated rings. The molecule has 0 radical (unpaired) electrons. The summed E-state index contributed by atoms with van der Waals surface area (Å²) in [4.78, 5) is 25.5. The maximum absolute atomic E-state index is 12.9. The molecule has 12 heteroatoms. The molecule has 8 nitrogen and oxygen atoms in total. The standard InChI is InChI=1S/C24H26Cl3N5O3S/c1-5-32-22(21(13(2)3)29-23(34)14-6-8-16(26)17(27)10-14)30-31-24(32)36-12-20(33)28-18-11-15(25)7-9-19(18)35-4/h6-11,13,21H,5,12H2,1-4H3,(H,28,33)(H,29,34)/t21-/m0/s1. The van der Waals surface area contributed by atoms with Gasteiger partial charge in [0.25, 0.3) is 5.91 Å². The van der Waals surface area contributed by atoms with Gasteiger partial charge in [-0.1, -0.05) is 60.4 Å². The predicted octanol–water partition coefficient (Wildman–Crippen LogP) is 6.12. The minimum absolute atomic E-state index is 0.0164. The summed E-state index contributed by atoms with van der Waals surface area (Å²) in [6.45, 7) is 6.46. The number of hydrogen-bond acceptors (Lipinski definition) is 6. The van der Waals surface area contributed by atoms with Gasteiger partial charge >= 0.3 is 0 Å². The fourth-order valence-electron chi connectivity index (χ4n) is 3.42. The Labute approximate surface area is 229 Å². The van der Waals surface area contributed by atoms with E-state index < -0.39 is 6.04 Å². The van der Waals surface area contributed by atoms with E-state index in [0.717, 1.165) is 0 Å². The van der Waals surface area contributed by atoms with E-state index >= 15 is 0 Å². The Morgan fingerprint density at radius 2 is 1.83 bits per heavy atom. The second kappa shape index (κ2) is 12.7. The molecule has 0 spiro atoms. The first-order chi connectivity index (χ1) is 17.1. The van der Waals surface area contributed by atoms with E-state index in [1.54, 1.807) is 30.3 Å². The van der Waals surface area contributed by atoms with Crippen LogP contribution in [-0.2, 0) is 11.3 Å². The van der Waals surface area contributed by atoms with E-state index in [9.17, 15) is 9.59 Å². The van der Waals surface area contributed by atoms with Crippen LogP contribution in [0.25, 0.3) is 0 Å². The molecule has 1 atom stereocenters. The van der Waals surface area contributed by atoms with E-state index in [2.05, 4.69) is 20.8 Å². The van der Waals surface area contributed by atoms with Crippen LogP contribution in [0.2, 0.25) is 15.1 Å². The molecular formula is C24H26Cl3N5O3S. The van der Waals surface area contributed by atoms with Gasteiger partial charge < -0.3 is 19.9 Å². The summed E-state index contributed by atoms with van der Waals surface area (Å²) >= 11 is 19.3. The lowest BCUT2D eigenvalue weighted by Gasteiger charge is -2.22. The molecule has 3 rings (SSSR count). The fraction of sp³-hybridized carbons (Fsp3) is 0.333. The number of nitrogens with zero attached hydrogens (tertiary/aromatic N) is 3. The Balaban J connectivity index is 1.73. The number of benzene rings is 2. The lowest BCUT2D eigenvalue weighted by molar-refractivity contribution is -0.113. The van der Waals surface area contributed by atoms with Crippen molar-refractivity contribution in [1.29, 1.82) is 0 Å². The monoisotopic (exact) mass is 569 g/mol. The van der Waals surface area contributed by atoms with Crippen LogP contribution in [0.5, 0.6) is 5.75 Å². The van der Waals surface area contributed by atoms with Crippen LogP contribution in [0.4, 0.5) is 5.69 Å². The van der Waals surface area contributed by atoms with Crippen LogP contribution < -0.4 is 15.4 Å². The van der Waals surface area contributed by atoms with Crippen molar-refractivity contribution in [2.75, 3.05) is 18.2 Å². The highest BCUT2D eigenvalue weighted by Crippen LogP contribution is 2.29. The third-order valence-electron chi connectivity index (χ3n) is 5.24. The molecule has 0 aliphatic rings. The Bertz CT molecular complexity index is 1250. The highest BCUT2D eigenvalue weighted by Gasteiger charge is 2.26. The van der Waals surface area contributed by atoms with Gasteiger partial charge in [-0.2, -0.15) is 0 Å². The van der Waals surface area contributed by atoms with E-state index in [4.69, 9.17) is 39.5 Å². The molecule has 192 valence electrons. The smallest absolute Gasteiger partial charge is 0.251 e. The molecular weight excluding hydrogens is 545 g/mol.